The van der Waals surface area contributed by atoms with Crippen LogP contribution in [0.3, 0.4) is 0 Å². The number of halogens is 1. The van der Waals surface area contributed by atoms with E-state index in [1.165, 1.54) is 6.26 Å². The van der Waals surface area contributed by atoms with Gasteiger partial charge < -0.3 is 5.32 Å². The minimum absolute atomic E-state index is 0.152. The normalized spacial score (nSPS) is 11.4. The van der Waals surface area contributed by atoms with E-state index in [4.69, 9.17) is 0 Å². The molecular formula is C10H14BrNO2S. The number of anilines is 1. The molecule has 0 aliphatic heterocycles. The first-order valence-corrected chi connectivity index (χ1v) is 7.41. The molecule has 1 aromatic rings. The monoisotopic (exact) mass is 291 g/mol. The van der Waals surface area contributed by atoms with Gasteiger partial charge in [-0.05, 0) is 24.6 Å². The smallest absolute Gasteiger partial charge is 0.149 e. The second kappa shape index (κ2) is 4.99. The third-order valence-corrected chi connectivity index (χ3v) is 3.43. The van der Waals surface area contributed by atoms with Crippen LogP contribution in [0, 0.1) is 6.92 Å². The third kappa shape index (κ3) is 4.66. The van der Waals surface area contributed by atoms with Gasteiger partial charge in [0.25, 0.3) is 0 Å². The molecule has 0 fully saturated rings. The molecule has 0 aromatic heterocycles. The molecule has 0 amide bonds. The Balaban J connectivity index is 2.61. The Morgan fingerprint density at radius 1 is 1.40 bits per heavy atom. The molecule has 0 heterocycles. The maximum atomic E-state index is 10.9. The number of hydrogen-bond donors (Lipinski definition) is 1. The minimum atomic E-state index is -2.89. The van der Waals surface area contributed by atoms with E-state index in [0.29, 0.717) is 6.54 Å². The van der Waals surface area contributed by atoms with Crippen molar-refractivity contribution in [3.8, 4) is 0 Å². The molecule has 0 radical (unpaired) electrons. The Kier molecular flexibility index (Phi) is 4.16. The molecule has 5 heteroatoms. The van der Waals surface area contributed by atoms with Crippen LogP contribution >= 0.6 is 15.9 Å². The summed E-state index contributed by atoms with van der Waals surface area (Å²) in [5.41, 5.74) is 2.07. The van der Waals surface area contributed by atoms with Crippen LogP contribution in [-0.4, -0.2) is 27.0 Å². The molecule has 0 atom stereocenters. The van der Waals surface area contributed by atoms with Crippen molar-refractivity contribution < 1.29 is 8.42 Å². The lowest BCUT2D eigenvalue weighted by molar-refractivity contribution is 0.602. The molecule has 1 N–H and O–H groups in total. The highest BCUT2D eigenvalue weighted by atomic mass is 79.9. The van der Waals surface area contributed by atoms with Crippen molar-refractivity contribution in [2.24, 2.45) is 0 Å². The Labute approximate surface area is 98.9 Å². The maximum Gasteiger partial charge on any atom is 0.149 e. The first kappa shape index (κ1) is 12.5. The highest BCUT2D eigenvalue weighted by Crippen LogP contribution is 2.20. The van der Waals surface area contributed by atoms with Crippen molar-refractivity contribution in [2.75, 3.05) is 23.9 Å². The van der Waals surface area contributed by atoms with E-state index in [-0.39, 0.29) is 5.75 Å². The molecule has 1 rings (SSSR count). The van der Waals surface area contributed by atoms with Gasteiger partial charge >= 0.3 is 0 Å². The van der Waals surface area contributed by atoms with Crippen LogP contribution in [0.4, 0.5) is 5.69 Å². The number of nitrogens with one attached hydrogen (secondary N) is 1. The Hall–Kier alpha value is -0.550. The van der Waals surface area contributed by atoms with Crippen molar-refractivity contribution in [1.29, 1.82) is 0 Å². The molecule has 3 nitrogen and oxygen atoms in total. The zero-order valence-corrected chi connectivity index (χ0v) is 11.2. The van der Waals surface area contributed by atoms with Crippen molar-refractivity contribution >= 4 is 31.5 Å². The molecule has 0 bridgehead atoms. The van der Waals surface area contributed by atoms with E-state index in [1.54, 1.807) is 0 Å². The summed E-state index contributed by atoms with van der Waals surface area (Å²) in [6.45, 7) is 2.42. The Bertz CT molecular complexity index is 443. The number of hydrogen-bond acceptors (Lipinski definition) is 3. The molecule has 0 saturated heterocycles. The molecule has 84 valence electrons. The van der Waals surface area contributed by atoms with Crippen molar-refractivity contribution in [3.05, 3.63) is 28.2 Å². The van der Waals surface area contributed by atoms with E-state index < -0.39 is 9.84 Å². The van der Waals surface area contributed by atoms with Crippen molar-refractivity contribution in [1.82, 2.24) is 0 Å². The van der Waals surface area contributed by atoms with Gasteiger partial charge in [-0.25, -0.2) is 8.42 Å². The average Bonchev–Trinajstić information content (AvgIpc) is 2.09. The van der Waals surface area contributed by atoms with E-state index in [2.05, 4.69) is 21.2 Å². The van der Waals surface area contributed by atoms with Crippen molar-refractivity contribution in [2.45, 2.75) is 6.92 Å². The Morgan fingerprint density at radius 3 is 2.67 bits per heavy atom. The summed E-state index contributed by atoms with van der Waals surface area (Å²) >= 11 is 3.37. The number of benzene rings is 1. The molecule has 0 spiro atoms. The van der Waals surface area contributed by atoms with Crippen LogP contribution in [-0.2, 0) is 9.84 Å². The first-order valence-electron chi connectivity index (χ1n) is 4.56. The number of sulfone groups is 1. The Morgan fingerprint density at radius 2 is 2.07 bits per heavy atom. The van der Waals surface area contributed by atoms with Gasteiger partial charge in [-0.3, -0.25) is 0 Å². The summed E-state index contributed by atoms with van der Waals surface area (Å²) in [5, 5.41) is 3.10. The van der Waals surface area contributed by atoms with E-state index in [9.17, 15) is 8.42 Å². The maximum absolute atomic E-state index is 10.9. The fraction of sp³-hybridized carbons (Fsp3) is 0.400. The van der Waals surface area contributed by atoms with Gasteiger partial charge in [-0.2, -0.15) is 0 Å². The molecular weight excluding hydrogens is 278 g/mol. The molecule has 0 unspecified atom stereocenters. The predicted molar refractivity (Wildman–Crippen MR) is 67.1 cm³/mol. The largest absolute Gasteiger partial charge is 0.384 e. The van der Waals surface area contributed by atoms with E-state index in [1.807, 2.05) is 25.1 Å². The standard InChI is InChI=1S/C10H14BrNO2S/c1-8-3-4-9(11)7-10(8)12-5-6-15(2,13)14/h3-4,7,12H,5-6H2,1-2H3. The van der Waals surface area contributed by atoms with Gasteiger partial charge in [-0.1, -0.05) is 22.0 Å². The summed E-state index contributed by atoms with van der Waals surface area (Å²) in [6.07, 6.45) is 1.24. The predicted octanol–water partition coefficient (Wildman–Crippen LogP) is 2.21. The van der Waals surface area contributed by atoms with Crippen LogP contribution in [0.15, 0.2) is 22.7 Å². The highest BCUT2D eigenvalue weighted by Gasteiger charge is 2.03. The number of aryl methyl sites for hydroxylation is 1. The van der Waals surface area contributed by atoms with Gasteiger partial charge in [0, 0.05) is 23.0 Å². The zero-order valence-electron chi connectivity index (χ0n) is 8.75. The molecule has 1 aromatic carbocycles. The van der Waals surface area contributed by atoms with Gasteiger partial charge in [0.05, 0.1) is 5.75 Å². The lowest BCUT2D eigenvalue weighted by Crippen LogP contribution is -2.14. The van der Waals surface area contributed by atoms with E-state index in [0.717, 1.165) is 15.7 Å². The van der Waals surface area contributed by atoms with Gasteiger partial charge in [0.15, 0.2) is 0 Å². The SMILES string of the molecule is Cc1ccc(Br)cc1NCCS(C)(=O)=O. The summed E-state index contributed by atoms with van der Waals surface area (Å²) in [6, 6.07) is 5.88. The van der Waals surface area contributed by atoms with Gasteiger partial charge in [-0.15, -0.1) is 0 Å². The quantitative estimate of drug-likeness (QED) is 0.925. The average molecular weight is 292 g/mol. The van der Waals surface area contributed by atoms with Crippen LogP contribution in [0.1, 0.15) is 5.56 Å². The fourth-order valence-corrected chi connectivity index (χ4v) is 1.99. The highest BCUT2D eigenvalue weighted by molar-refractivity contribution is 9.10. The van der Waals surface area contributed by atoms with Gasteiger partial charge in [0.2, 0.25) is 0 Å². The second-order valence-corrected chi connectivity index (χ2v) is 6.69. The summed E-state index contributed by atoms with van der Waals surface area (Å²) in [5.74, 6) is 0.152. The fourth-order valence-electron chi connectivity index (χ4n) is 1.16. The summed E-state index contributed by atoms with van der Waals surface area (Å²) in [7, 11) is -2.89. The first-order chi connectivity index (χ1) is 6.88. The third-order valence-electron chi connectivity index (χ3n) is 1.99. The molecule has 15 heavy (non-hydrogen) atoms. The van der Waals surface area contributed by atoms with Crippen LogP contribution in [0.2, 0.25) is 0 Å². The summed E-state index contributed by atoms with van der Waals surface area (Å²) in [4.78, 5) is 0. The lowest BCUT2D eigenvalue weighted by atomic mass is 10.2. The van der Waals surface area contributed by atoms with Crippen molar-refractivity contribution in [3.63, 3.8) is 0 Å². The van der Waals surface area contributed by atoms with Crippen LogP contribution in [0.5, 0.6) is 0 Å². The number of rotatable bonds is 4. The molecule has 0 aliphatic rings. The summed E-state index contributed by atoms with van der Waals surface area (Å²) < 4.78 is 22.8. The van der Waals surface area contributed by atoms with Gasteiger partial charge in [0.1, 0.15) is 9.84 Å². The molecule has 0 aliphatic carbocycles. The van der Waals surface area contributed by atoms with Crippen LogP contribution in [0.25, 0.3) is 0 Å². The second-order valence-electron chi connectivity index (χ2n) is 3.52. The topological polar surface area (TPSA) is 46.2 Å². The molecule has 0 saturated carbocycles. The minimum Gasteiger partial charge on any atom is -0.384 e. The lowest BCUT2D eigenvalue weighted by Gasteiger charge is -2.09. The van der Waals surface area contributed by atoms with Crippen LogP contribution < -0.4 is 5.32 Å². The van der Waals surface area contributed by atoms with E-state index >= 15 is 0 Å². The zero-order chi connectivity index (χ0) is 11.5.